The molecule has 2 aliphatic heterocycles. The number of hydrogen-bond acceptors (Lipinski definition) is 5. The zero-order valence-electron chi connectivity index (χ0n) is 16.8. The average molecular weight is 380 g/mol. The van der Waals surface area contributed by atoms with E-state index in [1.807, 2.05) is 32.2 Å². The third kappa shape index (κ3) is 4.01. The van der Waals surface area contributed by atoms with E-state index in [1.165, 1.54) is 0 Å². The molecule has 2 fully saturated rings. The van der Waals surface area contributed by atoms with Crippen molar-refractivity contribution in [3.63, 3.8) is 0 Å². The topological polar surface area (TPSA) is 62.2 Å². The minimum absolute atomic E-state index is 0.00967. The Hall–Kier alpha value is -2.50. The van der Waals surface area contributed by atoms with Crippen molar-refractivity contribution in [2.24, 2.45) is 5.92 Å². The second-order valence-electron chi connectivity index (χ2n) is 8.07. The number of carbonyl (C=O) groups excluding carboxylic acids is 1. The van der Waals surface area contributed by atoms with Crippen LogP contribution >= 0.6 is 0 Å². The lowest BCUT2D eigenvalue weighted by atomic mass is 9.91. The van der Waals surface area contributed by atoms with Gasteiger partial charge in [0.1, 0.15) is 0 Å². The number of aromatic nitrogens is 3. The highest BCUT2D eigenvalue weighted by atomic mass is 16.2. The van der Waals surface area contributed by atoms with Gasteiger partial charge in [-0.3, -0.25) is 9.78 Å². The van der Waals surface area contributed by atoms with E-state index in [-0.39, 0.29) is 17.9 Å². The van der Waals surface area contributed by atoms with Gasteiger partial charge < -0.3 is 9.80 Å². The molecule has 2 aliphatic rings. The number of anilines is 1. The second kappa shape index (κ2) is 8.25. The highest BCUT2D eigenvalue weighted by Crippen LogP contribution is 2.33. The van der Waals surface area contributed by atoms with Crippen molar-refractivity contribution in [2.75, 3.05) is 24.5 Å². The van der Waals surface area contributed by atoms with Gasteiger partial charge in [-0.05, 0) is 63.6 Å². The molecule has 4 heterocycles. The molecule has 6 nitrogen and oxygen atoms in total. The van der Waals surface area contributed by atoms with Gasteiger partial charge >= 0.3 is 0 Å². The number of nitrogens with zero attached hydrogens (tertiary/aromatic N) is 5. The minimum Gasteiger partial charge on any atom is -0.340 e. The molecule has 0 bridgehead atoms. The number of amides is 1. The largest absolute Gasteiger partial charge is 0.340 e. The molecule has 0 saturated carbocycles. The first-order valence-electron chi connectivity index (χ1n) is 10.4. The molecular weight excluding hydrogens is 350 g/mol. The standard InChI is InChI=1S/C22H29N5O/c1-16-13-17(2)25-22(24-16)26-11-6-8-19(15-26)21(28)27-12-4-3-9-20(27)18-7-5-10-23-14-18/h5,7,10,13-14,19-20H,3-4,6,8-9,11-12,15H2,1-2H3/t19?,20-/m1/s1. The van der Waals surface area contributed by atoms with Gasteiger partial charge in [-0.1, -0.05) is 6.07 Å². The van der Waals surface area contributed by atoms with E-state index in [0.717, 1.165) is 68.1 Å². The maximum Gasteiger partial charge on any atom is 0.227 e. The fourth-order valence-corrected chi connectivity index (χ4v) is 4.56. The third-order valence-corrected chi connectivity index (χ3v) is 5.88. The van der Waals surface area contributed by atoms with Crippen LogP contribution in [0.1, 0.15) is 55.1 Å². The summed E-state index contributed by atoms with van der Waals surface area (Å²) in [6.45, 7) is 6.46. The molecule has 6 heteroatoms. The number of pyridine rings is 1. The summed E-state index contributed by atoms with van der Waals surface area (Å²) >= 11 is 0. The number of carbonyl (C=O) groups is 1. The van der Waals surface area contributed by atoms with Crippen LogP contribution in [0.15, 0.2) is 30.6 Å². The van der Waals surface area contributed by atoms with Crippen LogP contribution in [0.25, 0.3) is 0 Å². The van der Waals surface area contributed by atoms with Crippen LogP contribution < -0.4 is 4.90 Å². The van der Waals surface area contributed by atoms with Crippen molar-refractivity contribution in [1.29, 1.82) is 0 Å². The van der Waals surface area contributed by atoms with E-state index in [9.17, 15) is 4.79 Å². The summed E-state index contributed by atoms with van der Waals surface area (Å²) in [6, 6.07) is 6.21. The first kappa shape index (κ1) is 18.8. The lowest BCUT2D eigenvalue weighted by Gasteiger charge is -2.40. The summed E-state index contributed by atoms with van der Waals surface area (Å²) in [5.41, 5.74) is 3.10. The van der Waals surface area contributed by atoms with E-state index in [1.54, 1.807) is 6.20 Å². The van der Waals surface area contributed by atoms with Gasteiger partial charge in [0, 0.05) is 43.4 Å². The molecule has 0 aromatic carbocycles. The van der Waals surface area contributed by atoms with Gasteiger partial charge in [-0.25, -0.2) is 9.97 Å². The summed E-state index contributed by atoms with van der Waals surface area (Å²) in [6.07, 6.45) is 8.91. The maximum atomic E-state index is 13.5. The van der Waals surface area contributed by atoms with E-state index < -0.39 is 0 Å². The SMILES string of the molecule is Cc1cc(C)nc(N2CCCC(C(=O)N3CCCC[C@@H]3c3cccnc3)C2)n1. The monoisotopic (exact) mass is 379 g/mol. The normalized spacial score (nSPS) is 22.9. The van der Waals surface area contributed by atoms with Crippen LogP contribution in [0.2, 0.25) is 0 Å². The molecule has 1 amide bonds. The van der Waals surface area contributed by atoms with E-state index >= 15 is 0 Å². The van der Waals surface area contributed by atoms with Crippen LogP contribution in [0.5, 0.6) is 0 Å². The number of hydrogen-bond donors (Lipinski definition) is 0. The molecule has 2 saturated heterocycles. The summed E-state index contributed by atoms with van der Waals surface area (Å²) < 4.78 is 0. The molecule has 2 aromatic rings. The first-order valence-corrected chi connectivity index (χ1v) is 10.4. The molecule has 2 atom stereocenters. The van der Waals surface area contributed by atoms with Crippen LogP contribution in [0.4, 0.5) is 5.95 Å². The minimum atomic E-state index is 0.00967. The van der Waals surface area contributed by atoms with Crippen molar-refractivity contribution in [3.8, 4) is 0 Å². The molecule has 4 rings (SSSR count). The van der Waals surface area contributed by atoms with Crippen LogP contribution in [-0.2, 0) is 4.79 Å². The molecule has 2 aromatic heterocycles. The van der Waals surface area contributed by atoms with E-state index in [4.69, 9.17) is 0 Å². The quantitative estimate of drug-likeness (QED) is 0.817. The fraction of sp³-hybridized carbons (Fsp3) is 0.545. The Morgan fingerprint density at radius 1 is 1.07 bits per heavy atom. The summed E-state index contributed by atoms with van der Waals surface area (Å²) in [4.78, 5) is 31.3. The molecule has 0 aliphatic carbocycles. The average Bonchev–Trinajstić information content (AvgIpc) is 2.73. The smallest absolute Gasteiger partial charge is 0.227 e. The summed E-state index contributed by atoms with van der Waals surface area (Å²) in [7, 11) is 0. The molecule has 0 spiro atoms. The Morgan fingerprint density at radius 2 is 1.89 bits per heavy atom. The van der Waals surface area contributed by atoms with Gasteiger partial charge in [0.15, 0.2) is 0 Å². The molecule has 0 N–H and O–H groups in total. The van der Waals surface area contributed by atoms with Crippen LogP contribution in [-0.4, -0.2) is 45.4 Å². The van der Waals surface area contributed by atoms with Gasteiger partial charge in [-0.2, -0.15) is 0 Å². The Labute approximate surface area is 167 Å². The van der Waals surface area contributed by atoms with Gasteiger partial charge in [0.2, 0.25) is 11.9 Å². The Bertz CT molecular complexity index is 805. The van der Waals surface area contributed by atoms with Crippen molar-refractivity contribution >= 4 is 11.9 Å². The predicted octanol–water partition coefficient (Wildman–Crippen LogP) is 3.46. The van der Waals surface area contributed by atoms with Gasteiger partial charge in [0.05, 0.1) is 12.0 Å². The molecular formula is C22H29N5O. The predicted molar refractivity (Wildman–Crippen MR) is 109 cm³/mol. The van der Waals surface area contributed by atoms with Crippen molar-refractivity contribution in [3.05, 3.63) is 47.5 Å². The van der Waals surface area contributed by atoms with Crippen molar-refractivity contribution in [2.45, 2.75) is 52.0 Å². The molecule has 1 unspecified atom stereocenters. The Morgan fingerprint density at radius 3 is 2.64 bits per heavy atom. The molecule has 148 valence electrons. The lowest BCUT2D eigenvalue weighted by Crippen LogP contribution is -2.47. The van der Waals surface area contributed by atoms with Crippen LogP contribution in [0, 0.1) is 19.8 Å². The number of rotatable bonds is 3. The van der Waals surface area contributed by atoms with Gasteiger partial charge in [-0.15, -0.1) is 0 Å². The highest BCUT2D eigenvalue weighted by Gasteiger charge is 2.35. The zero-order valence-corrected chi connectivity index (χ0v) is 16.8. The van der Waals surface area contributed by atoms with Crippen molar-refractivity contribution < 1.29 is 4.79 Å². The van der Waals surface area contributed by atoms with E-state index in [0.29, 0.717) is 6.54 Å². The number of aryl methyl sites for hydroxylation is 2. The number of piperidine rings is 2. The summed E-state index contributed by atoms with van der Waals surface area (Å²) in [5, 5.41) is 0. The fourth-order valence-electron chi connectivity index (χ4n) is 4.56. The molecule has 28 heavy (non-hydrogen) atoms. The Balaban J connectivity index is 1.51. The highest BCUT2D eigenvalue weighted by molar-refractivity contribution is 5.80. The lowest BCUT2D eigenvalue weighted by molar-refractivity contribution is -0.139. The van der Waals surface area contributed by atoms with Gasteiger partial charge in [0.25, 0.3) is 0 Å². The maximum absolute atomic E-state index is 13.5. The molecule has 0 radical (unpaired) electrons. The van der Waals surface area contributed by atoms with Crippen molar-refractivity contribution in [1.82, 2.24) is 19.9 Å². The van der Waals surface area contributed by atoms with E-state index in [2.05, 4.69) is 30.8 Å². The zero-order chi connectivity index (χ0) is 19.5. The summed E-state index contributed by atoms with van der Waals surface area (Å²) in [5.74, 6) is 1.05. The first-order chi connectivity index (χ1) is 13.6. The van der Waals surface area contributed by atoms with Crippen LogP contribution in [0.3, 0.4) is 0 Å². The second-order valence-corrected chi connectivity index (χ2v) is 8.07. The third-order valence-electron chi connectivity index (χ3n) is 5.88. The Kier molecular flexibility index (Phi) is 5.55. The number of likely N-dealkylation sites (tertiary alicyclic amines) is 1.